The van der Waals surface area contributed by atoms with Gasteiger partial charge in [0.15, 0.2) is 11.8 Å². The Labute approximate surface area is 160 Å². The van der Waals surface area contributed by atoms with Crippen molar-refractivity contribution in [3.05, 3.63) is 77.7 Å². The summed E-state index contributed by atoms with van der Waals surface area (Å²) in [4.78, 5) is 11.3. The van der Waals surface area contributed by atoms with Crippen LogP contribution in [-0.4, -0.2) is 39.2 Å². The van der Waals surface area contributed by atoms with E-state index in [1.807, 2.05) is 24.4 Å². The number of aliphatic imine (C=N–C) groups is 1. The van der Waals surface area contributed by atoms with Gasteiger partial charge in [0, 0.05) is 38.7 Å². The van der Waals surface area contributed by atoms with Crippen molar-refractivity contribution in [2.24, 2.45) is 4.99 Å². The van der Waals surface area contributed by atoms with Gasteiger partial charge in [0.2, 0.25) is 0 Å². The van der Waals surface area contributed by atoms with E-state index in [0.29, 0.717) is 6.54 Å². The van der Waals surface area contributed by atoms with Gasteiger partial charge in [-0.2, -0.15) is 5.10 Å². The average molecular weight is 362 g/mol. The van der Waals surface area contributed by atoms with E-state index in [9.17, 15) is 0 Å². The molecule has 0 saturated heterocycles. The predicted molar refractivity (Wildman–Crippen MR) is 109 cm³/mol. The molecule has 2 heterocycles. The number of nitrogens with zero attached hydrogens (tertiary/aromatic N) is 5. The number of guanidine groups is 1. The first-order valence-corrected chi connectivity index (χ1v) is 9.15. The fourth-order valence-electron chi connectivity index (χ4n) is 2.77. The Morgan fingerprint density at radius 1 is 1.15 bits per heavy atom. The molecule has 0 aliphatic rings. The molecular formula is C21H26N6. The molecule has 2 aromatic heterocycles. The van der Waals surface area contributed by atoms with Crippen LogP contribution < -0.4 is 5.32 Å². The molecule has 0 amide bonds. The normalized spacial score (nSPS) is 11.4. The summed E-state index contributed by atoms with van der Waals surface area (Å²) in [5, 5.41) is 7.60. The molecule has 3 aromatic rings. The van der Waals surface area contributed by atoms with E-state index >= 15 is 0 Å². The van der Waals surface area contributed by atoms with E-state index in [4.69, 9.17) is 4.99 Å². The molecule has 1 aromatic carbocycles. The quantitative estimate of drug-likeness (QED) is 0.540. The molecule has 6 nitrogen and oxygen atoms in total. The second kappa shape index (κ2) is 8.98. The molecule has 0 atom stereocenters. The first-order valence-electron chi connectivity index (χ1n) is 9.15. The van der Waals surface area contributed by atoms with Crippen LogP contribution in [0.1, 0.15) is 23.6 Å². The largest absolute Gasteiger partial charge is 0.357 e. The van der Waals surface area contributed by atoms with Gasteiger partial charge in [-0.3, -0.25) is 0 Å². The molecule has 0 radical (unpaired) electrons. The van der Waals surface area contributed by atoms with Gasteiger partial charge in [0.05, 0.1) is 6.54 Å². The predicted octanol–water partition coefficient (Wildman–Crippen LogP) is 3.17. The zero-order valence-electron chi connectivity index (χ0n) is 16.1. The highest BCUT2D eigenvalue weighted by atomic mass is 15.3. The Balaban J connectivity index is 1.71. The second-order valence-corrected chi connectivity index (χ2v) is 6.48. The monoisotopic (exact) mass is 362 g/mol. The summed E-state index contributed by atoms with van der Waals surface area (Å²) in [5.74, 6) is 1.68. The number of aromatic nitrogens is 3. The van der Waals surface area contributed by atoms with Crippen LogP contribution in [0.3, 0.4) is 0 Å². The van der Waals surface area contributed by atoms with E-state index in [0.717, 1.165) is 30.4 Å². The number of nitrogens with one attached hydrogen (secondary N) is 1. The summed E-state index contributed by atoms with van der Waals surface area (Å²) < 4.78 is 1.75. The van der Waals surface area contributed by atoms with Gasteiger partial charge < -0.3 is 10.2 Å². The molecule has 0 bridgehead atoms. The Bertz CT molecular complexity index is 868. The molecule has 6 heteroatoms. The van der Waals surface area contributed by atoms with Gasteiger partial charge in [-0.25, -0.2) is 14.7 Å². The summed E-state index contributed by atoms with van der Waals surface area (Å²) in [6, 6.07) is 14.5. The lowest BCUT2D eigenvalue weighted by Crippen LogP contribution is -2.38. The smallest absolute Gasteiger partial charge is 0.194 e. The van der Waals surface area contributed by atoms with Crippen LogP contribution in [0.5, 0.6) is 0 Å². The number of hydrogen-bond acceptors (Lipinski definition) is 3. The van der Waals surface area contributed by atoms with Crippen molar-refractivity contribution in [1.29, 1.82) is 0 Å². The maximum atomic E-state index is 4.79. The summed E-state index contributed by atoms with van der Waals surface area (Å²) in [5.41, 5.74) is 3.63. The average Bonchev–Trinajstić information content (AvgIpc) is 3.22. The van der Waals surface area contributed by atoms with Crippen LogP contribution in [0.15, 0.2) is 66.0 Å². The van der Waals surface area contributed by atoms with Crippen LogP contribution in [0.2, 0.25) is 0 Å². The number of hydrogen-bond donors (Lipinski definition) is 1. The van der Waals surface area contributed by atoms with Crippen LogP contribution >= 0.6 is 0 Å². The zero-order valence-corrected chi connectivity index (χ0v) is 16.1. The highest BCUT2D eigenvalue weighted by molar-refractivity contribution is 5.79. The van der Waals surface area contributed by atoms with E-state index in [1.165, 1.54) is 11.1 Å². The molecule has 3 rings (SSSR count). The minimum atomic E-state index is 0.581. The van der Waals surface area contributed by atoms with Crippen molar-refractivity contribution in [1.82, 2.24) is 25.0 Å². The Hall–Kier alpha value is -3.15. The first-order chi connectivity index (χ1) is 13.2. The molecule has 27 heavy (non-hydrogen) atoms. The summed E-state index contributed by atoms with van der Waals surface area (Å²) >= 11 is 0. The first kappa shape index (κ1) is 18.6. The van der Waals surface area contributed by atoms with Crippen molar-refractivity contribution in [3.63, 3.8) is 0 Å². The fraction of sp³-hybridized carbons (Fsp3) is 0.286. The zero-order chi connectivity index (χ0) is 19.1. The second-order valence-electron chi connectivity index (χ2n) is 6.48. The van der Waals surface area contributed by atoms with Crippen molar-refractivity contribution in [2.45, 2.75) is 26.9 Å². The Morgan fingerprint density at radius 3 is 2.67 bits per heavy atom. The highest BCUT2D eigenvalue weighted by Crippen LogP contribution is 2.09. The van der Waals surface area contributed by atoms with Crippen LogP contribution in [0, 0.1) is 6.92 Å². The fourth-order valence-corrected chi connectivity index (χ4v) is 2.77. The third-order valence-corrected chi connectivity index (χ3v) is 4.20. The lowest BCUT2D eigenvalue weighted by atomic mass is 10.1. The Morgan fingerprint density at radius 2 is 1.96 bits per heavy atom. The van der Waals surface area contributed by atoms with Crippen LogP contribution in [0.25, 0.3) is 5.82 Å². The third-order valence-electron chi connectivity index (χ3n) is 4.20. The lowest BCUT2D eigenvalue weighted by molar-refractivity contribution is 0.477. The minimum Gasteiger partial charge on any atom is -0.357 e. The molecule has 140 valence electrons. The van der Waals surface area contributed by atoms with Gasteiger partial charge in [0.25, 0.3) is 0 Å². The number of rotatable bonds is 6. The van der Waals surface area contributed by atoms with E-state index < -0.39 is 0 Å². The molecule has 0 fully saturated rings. The topological polar surface area (TPSA) is 58.3 Å². The van der Waals surface area contributed by atoms with Crippen LogP contribution in [-0.2, 0) is 13.1 Å². The van der Waals surface area contributed by atoms with Crippen molar-refractivity contribution in [3.8, 4) is 5.82 Å². The Kier molecular flexibility index (Phi) is 6.20. The van der Waals surface area contributed by atoms with Gasteiger partial charge >= 0.3 is 0 Å². The SMILES string of the molecule is CCNC(=NCc1ccnc(-n2cccn2)c1)N(C)Cc1ccc(C)cc1. The number of benzene rings is 1. The summed E-state index contributed by atoms with van der Waals surface area (Å²) in [6.45, 7) is 6.40. The third kappa shape index (κ3) is 5.17. The van der Waals surface area contributed by atoms with Crippen molar-refractivity contribution >= 4 is 5.96 Å². The van der Waals surface area contributed by atoms with Gasteiger partial charge in [-0.05, 0) is 43.2 Å². The van der Waals surface area contributed by atoms with Crippen molar-refractivity contribution < 1.29 is 0 Å². The molecule has 0 spiro atoms. The van der Waals surface area contributed by atoms with Gasteiger partial charge in [0.1, 0.15) is 0 Å². The van der Waals surface area contributed by atoms with E-state index in [1.54, 1.807) is 17.1 Å². The standard InChI is InChI=1S/C21H26N6/c1-4-22-21(26(3)16-18-8-6-17(2)7-9-18)24-15-19-10-12-23-20(14-19)27-13-5-11-25-27/h5-14H,4,15-16H2,1-3H3,(H,22,24). The molecule has 0 unspecified atom stereocenters. The van der Waals surface area contributed by atoms with Gasteiger partial charge in [-0.1, -0.05) is 29.8 Å². The lowest BCUT2D eigenvalue weighted by Gasteiger charge is -2.22. The highest BCUT2D eigenvalue weighted by Gasteiger charge is 2.07. The molecule has 1 N–H and O–H groups in total. The number of pyridine rings is 1. The van der Waals surface area contributed by atoms with E-state index in [-0.39, 0.29) is 0 Å². The van der Waals surface area contributed by atoms with Gasteiger partial charge in [-0.15, -0.1) is 0 Å². The minimum absolute atomic E-state index is 0.581. The van der Waals surface area contributed by atoms with Crippen LogP contribution in [0.4, 0.5) is 0 Å². The summed E-state index contributed by atoms with van der Waals surface area (Å²) in [7, 11) is 2.06. The van der Waals surface area contributed by atoms with Crippen molar-refractivity contribution in [2.75, 3.05) is 13.6 Å². The molecule has 0 saturated carbocycles. The van der Waals surface area contributed by atoms with E-state index in [2.05, 4.69) is 65.5 Å². The molecular weight excluding hydrogens is 336 g/mol. The maximum absolute atomic E-state index is 4.79. The molecule has 0 aliphatic carbocycles. The molecule has 0 aliphatic heterocycles. The maximum Gasteiger partial charge on any atom is 0.194 e. The number of aryl methyl sites for hydroxylation is 1. The summed E-state index contributed by atoms with van der Waals surface area (Å²) in [6.07, 6.45) is 5.43.